The molecule has 61 heavy (non-hydrogen) atoms. The third-order valence-electron chi connectivity index (χ3n) is 13.2. The van der Waals surface area contributed by atoms with Crippen molar-refractivity contribution in [1.29, 1.82) is 0 Å². The molecular weight excluding hydrogens is 743 g/mol. The number of para-hydroxylation sites is 1. The summed E-state index contributed by atoms with van der Waals surface area (Å²) in [6, 6.07) is 67.7. The van der Waals surface area contributed by atoms with E-state index in [1.165, 1.54) is 54.9 Å². The van der Waals surface area contributed by atoms with Crippen molar-refractivity contribution in [2.24, 2.45) is 0 Å². The Morgan fingerprint density at radius 3 is 2.03 bits per heavy atom. The second-order valence-corrected chi connectivity index (χ2v) is 17.0. The molecule has 286 valence electrons. The highest BCUT2D eigenvalue weighted by atomic mass is 16.3. The average Bonchev–Trinajstić information content (AvgIpc) is 3.92. The minimum Gasteiger partial charge on any atom is -0.456 e. The standard InChI is InChI=1S/C57H37N3O/c1-57(2)47-20-10-8-17-41(47)42-26-24-38(30-48(42)57)40-19-12-21-50-54(40)46-29-35-15-6-7-16-36(35)32-51(46)60(50)56-58-49-31-37(34-13-4-3-5-14-34)23-28-45(49)55(59-56)39-25-27-44-43-18-9-11-22-52(43)61-53(44)33-39/h3-33H,1-2H3. The van der Waals surface area contributed by atoms with Gasteiger partial charge >= 0.3 is 0 Å². The molecule has 0 bridgehead atoms. The van der Waals surface area contributed by atoms with Crippen LogP contribution in [0.3, 0.4) is 0 Å². The number of benzene rings is 9. The SMILES string of the molecule is CC1(C)c2ccccc2-c2ccc(-c3cccc4c3c3cc5ccccc5cc3n4-c3nc(-c4ccc5c(c4)oc4ccccc45)c4ccc(-c5ccccc5)cc4n3)cc21. The third-order valence-corrected chi connectivity index (χ3v) is 13.2. The molecule has 0 unspecified atom stereocenters. The summed E-state index contributed by atoms with van der Waals surface area (Å²) in [4.78, 5) is 11.0. The molecule has 0 spiro atoms. The van der Waals surface area contributed by atoms with Gasteiger partial charge in [0.1, 0.15) is 11.2 Å². The Morgan fingerprint density at radius 1 is 0.426 bits per heavy atom. The average molecular weight is 780 g/mol. The summed E-state index contributed by atoms with van der Waals surface area (Å²) >= 11 is 0. The van der Waals surface area contributed by atoms with Crippen LogP contribution in [0.4, 0.5) is 0 Å². The van der Waals surface area contributed by atoms with E-state index in [2.05, 4.69) is 194 Å². The summed E-state index contributed by atoms with van der Waals surface area (Å²) in [5.41, 5.74) is 16.4. The van der Waals surface area contributed by atoms with Gasteiger partial charge in [-0.25, -0.2) is 9.97 Å². The summed E-state index contributed by atoms with van der Waals surface area (Å²) in [5, 5.41) is 7.89. The Labute approximate surface area is 352 Å². The van der Waals surface area contributed by atoms with Crippen molar-refractivity contribution in [2.45, 2.75) is 19.3 Å². The van der Waals surface area contributed by atoms with E-state index in [9.17, 15) is 0 Å². The van der Waals surface area contributed by atoms with Crippen molar-refractivity contribution >= 4 is 65.4 Å². The maximum absolute atomic E-state index is 6.43. The van der Waals surface area contributed by atoms with Gasteiger partial charge in [0, 0.05) is 37.9 Å². The third kappa shape index (κ3) is 5.00. The molecule has 0 saturated heterocycles. The number of rotatable bonds is 4. The molecule has 0 N–H and O–H groups in total. The Bertz CT molecular complexity index is 3800. The number of aromatic nitrogens is 3. The number of furan rings is 1. The van der Waals surface area contributed by atoms with Gasteiger partial charge in [-0.3, -0.25) is 4.57 Å². The maximum atomic E-state index is 6.43. The summed E-state index contributed by atoms with van der Waals surface area (Å²) in [5.74, 6) is 0.621. The van der Waals surface area contributed by atoms with Gasteiger partial charge in [0.15, 0.2) is 0 Å². The largest absolute Gasteiger partial charge is 0.456 e. The maximum Gasteiger partial charge on any atom is 0.235 e. The zero-order valence-electron chi connectivity index (χ0n) is 33.6. The second-order valence-electron chi connectivity index (χ2n) is 17.0. The van der Waals surface area contributed by atoms with Crippen LogP contribution in [0.15, 0.2) is 192 Å². The van der Waals surface area contributed by atoms with Crippen LogP contribution in [0.5, 0.6) is 0 Å². The second kappa shape index (κ2) is 12.6. The Kier molecular flexibility index (Phi) is 7.04. The van der Waals surface area contributed by atoms with Crippen LogP contribution < -0.4 is 0 Å². The van der Waals surface area contributed by atoms with E-state index in [1.807, 2.05) is 12.1 Å². The summed E-state index contributed by atoms with van der Waals surface area (Å²) < 4.78 is 8.71. The van der Waals surface area contributed by atoms with Crippen molar-refractivity contribution in [1.82, 2.24) is 14.5 Å². The minimum absolute atomic E-state index is 0.112. The number of nitrogens with zero attached hydrogens (tertiary/aromatic N) is 3. The lowest BCUT2D eigenvalue weighted by Crippen LogP contribution is -2.14. The highest BCUT2D eigenvalue weighted by molar-refractivity contribution is 6.19. The van der Waals surface area contributed by atoms with Gasteiger partial charge in [0.2, 0.25) is 5.95 Å². The monoisotopic (exact) mass is 779 g/mol. The van der Waals surface area contributed by atoms with Crippen LogP contribution in [-0.2, 0) is 5.41 Å². The van der Waals surface area contributed by atoms with Crippen LogP contribution in [0, 0.1) is 0 Å². The Hall–Kier alpha value is -7.82. The van der Waals surface area contributed by atoms with E-state index in [1.54, 1.807) is 0 Å². The van der Waals surface area contributed by atoms with Crippen LogP contribution in [0.1, 0.15) is 25.0 Å². The van der Waals surface area contributed by atoms with Crippen LogP contribution >= 0.6 is 0 Å². The smallest absolute Gasteiger partial charge is 0.235 e. The molecule has 0 radical (unpaired) electrons. The molecule has 3 heterocycles. The normalized spacial score (nSPS) is 13.2. The van der Waals surface area contributed by atoms with Gasteiger partial charge in [-0.2, -0.15) is 0 Å². The first-order valence-electron chi connectivity index (χ1n) is 21.0. The van der Waals surface area contributed by atoms with Gasteiger partial charge < -0.3 is 4.42 Å². The van der Waals surface area contributed by atoms with Crippen molar-refractivity contribution in [2.75, 3.05) is 0 Å². The van der Waals surface area contributed by atoms with Crippen LogP contribution in [0.2, 0.25) is 0 Å². The molecule has 13 rings (SSSR count). The highest BCUT2D eigenvalue weighted by Crippen LogP contribution is 2.50. The predicted octanol–water partition coefficient (Wildman–Crippen LogP) is 15.1. The van der Waals surface area contributed by atoms with E-state index < -0.39 is 0 Å². The molecule has 0 saturated carbocycles. The first-order valence-corrected chi connectivity index (χ1v) is 21.0. The molecule has 4 heteroatoms. The molecule has 4 nitrogen and oxygen atoms in total. The lowest BCUT2D eigenvalue weighted by molar-refractivity contribution is 0.660. The molecule has 1 aliphatic carbocycles. The fourth-order valence-corrected chi connectivity index (χ4v) is 10.2. The highest BCUT2D eigenvalue weighted by Gasteiger charge is 2.35. The van der Waals surface area contributed by atoms with E-state index in [0.29, 0.717) is 5.95 Å². The van der Waals surface area contributed by atoms with Crippen LogP contribution in [-0.4, -0.2) is 14.5 Å². The number of hydrogen-bond acceptors (Lipinski definition) is 3. The zero-order valence-corrected chi connectivity index (χ0v) is 33.6. The lowest BCUT2D eigenvalue weighted by atomic mass is 9.81. The first-order chi connectivity index (χ1) is 30.0. The quantitative estimate of drug-likeness (QED) is 0.179. The van der Waals surface area contributed by atoms with Gasteiger partial charge in [0.25, 0.3) is 0 Å². The fourth-order valence-electron chi connectivity index (χ4n) is 10.2. The molecular formula is C57H37N3O. The molecule has 0 atom stereocenters. The van der Waals surface area contributed by atoms with E-state index >= 15 is 0 Å². The number of fused-ring (bicyclic) bond motifs is 11. The first kappa shape index (κ1) is 34.1. The van der Waals surface area contributed by atoms with Gasteiger partial charge in [-0.1, -0.05) is 147 Å². The van der Waals surface area contributed by atoms with E-state index in [0.717, 1.165) is 66.3 Å². The van der Waals surface area contributed by atoms with E-state index in [4.69, 9.17) is 14.4 Å². The molecule has 9 aromatic carbocycles. The molecule has 0 aliphatic heterocycles. The van der Waals surface area contributed by atoms with E-state index in [-0.39, 0.29) is 5.41 Å². The van der Waals surface area contributed by atoms with Gasteiger partial charge in [-0.05, 0) is 110 Å². The topological polar surface area (TPSA) is 43.9 Å². The Morgan fingerprint density at radius 2 is 1.13 bits per heavy atom. The molecule has 12 aromatic rings. The van der Waals surface area contributed by atoms with Gasteiger partial charge in [0.05, 0.1) is 22.2 Å². The fraction of sp³-hybridized carbons (Fsp3) is 0.0526. The summed E-state index contributed by atoms with van der Waals surface area (Å²) in [6.07, 6.45) is 0. The van der Waals surface area contributed by atoms with Gasteiger partial charge in [-0.15, -0.1) is 0 Å². The molecule has 3 aromatic heterocycles. The minimum atomic E-state index is -0.112. The molecule has 0 amide bonds. The molecule has 0 fully saturated rings. The van der Waals surface area contributed by atoms with Crippen molar-refractivity contribution < 1.29 is 4.42 Å². The Balaban J connectivity index is 1.10. The van der Waals surface area contributed by atoms with Crippen molar-refractivity contribution in [3.8, 4) is 50.6 Å². The number of hydrogen-bond donors (Lipinski definition) is 0. The summed E-state index contributed by atoms with van der Waals surface area (Å²) in [7, 11) is 0. The lowest BCUT2D eigenvalue weighted by Gasteiger charge is -2.22. The van der Waals surface area contributed by atoms with Crippen molar-refractivity contribution in [3.63, 3.8) is 0 Å². The summed E-state index contributed by atoms with van der Waals surface area (Å²) in [6.45, 7) is 4.70. The molecule has 1 aliphatic rings. The predicted molar refractivity (Wildman–Crippen MR) is 253 cm³/mol. The van der Waals surface area contributed by atoms with Crippen LogP contribution in [0.25, 0.3) is 116 Å². The van der Waals surface area contributed by atoms with Crippen molar-refractivity contribution in [3.05, 3.63) is 199 Å². The zero-order chi connectivity index (χ0) is 40.4.